The molecule has 2 aromatic heterocycles. The fourth-order valence-corrected chi connectivity index (χ4v) is 7.64. The van der Waals surface area contributed by atoms with E-state index in [0.29, 0.717) is 32.1 Å². The topological polar surface area (TPSA) is 122 Å². The van der Waals surface area contributed by atoms with E-state index in [0.717, 1.165) is 28.0 Å². The number of hydrogen-bond acceptors (Lipinski definition) is 8. The zero-order valence-corrected chi connectivity index (χ0v) is 21.8. The van der Waals surface area contributed by atoms with E-state index < -0.39 is 28.9 Å². The maximum Gasteiger partial charge on any atom is 0.308 e. The maximum absolute atomic E-state index is 13.7. The molecule has 4 aromatic rings. The molecule has 3 unspecified atom stereocenters. The normalized spacial score (nSPS) is 20.3. The number of thioether (sulfide) groups is 1. The Balaban J connectivity index is 1.38. The van der Waals surface area contributed by atoms with Gasteiger partial charge in [0.1, 0.15) is 23.3 Å². The van der Waals surface area contributed by atoms with Gasteiger partial charge in [-0.25, -0.2) is 4.90 Å². The summed E-state index contributed by atoms with van der Waals surface area (Å²) in [6.45, 7) is -0.288. The smallest absolute Gasteiger partial charge is 0.308 e. The summed E-state index contributed by atoms with van der Waals surface area (Å²) in [4.78, 5) is 54.6. The third-order valence-electron chi connectivity index (χ3n) is 6.44. The maximum atomic E-state index is 13.7. The molecule has 2 aromatic carbocycles. The molecule has 3 amide bonds. The van der Waals surface area contributed by atoms with Crippen LogP contribution < -0.4 is 15.1 Å². The molecule has 2 aliphatic heterocycles. The number of anilines is 2. The van der Waals surface area contributed by atoms with Crippen molar-refractivity contribution in [3.8, 4) is 5.75 Å². The van der Waals surface area contributed by atoms with Crippen LogP contribution in [0.1, 0.15) is 16.6 Å². The second-order valence-corrected chi connectivity index (χ2v) is 11.3. The van der Waals surface area contributed by atoms with Crippen LogP contribution in [0, 0.1) is 5.92 Å². The monoisotopic (exact) mass is 567 g/mol. The number of imide groups is 1. The number of hydrogen-bond donors (Lipinski definition) is 2. The molecule has 4 heterocycles. The number of nitrogens with zero attached hydrogens (tertiary/aromatic N) is 2. The number of fused-ring (bicyclic) bond motifs is 2. The van der Waals surface area contributed by atoms with Gasteiger partial charge < -0.3 is 14.8 Å². The van der Waals surface area contributed by atoms with Gasteiger partial charge in [0, 0.05) is 10.7 Å². The van der Waals surface area contributed by atoms with Crippen molar-refractivity contribution in [3.05, 3.63) is 92.3 Å². The largest absolute Gasteiger partial charge is 0.508 e. The van der Waals surface area contributed by atoms with E-state index in [1.54, 1.807) is 48.5 Å². The van der Waals surface area contributed by atoms with E-state index in [1.165, 1.54) is 23.0 Å². The van der Waals surface area contributed by atoms with Crippen LogP contribution >= 0.6 is 34.7 Å². The second kappa shape index (κ2) is 9.50. The predicted molar refractivity (Wildman–Crippen MR) is 143 cm³/mol. The van der Waals surface area contributed by atoms with Crippen LogP contribution in [0.5, 0.6) is 5.75 Å². The van der Waals surface area contributed by atoms with Gasteiger partial charge in [-0.15, -0.1) is 0 Å². The number of phenolic OH excluding ortho intramolecular Hbond substituents is 1. The van der Waals surface area contributed by atoms with E-state index >= 15 is 0 Å². The van der Waals surface area contributed by atoms with Crippen LogP contribution in [0.15, 0.2) is 81.2 Å². The Kier molecular flexibility index (Phi) is 6.13. The first-order chi connectivity index (χ1) is 18.3. The summed E-state index contributed by atoms with van der Waals surface area (Å²) >= 11 is 8.06. The molecule has 0 bridgehead atoms. The van der Waals surface area contributed by atoms with Crippen molar-refractivity contribution < 1.29 is 23.9 Å². The molecule has 38 heavy (non-hydrogen) atoms. The summed E-state index contributed by atoms with van der Waals surface area (Å²) in [6, 6.07) is 15.8. The van der Waals surface area contributed by atoms with Gasteiger partial charge >= 0.3 is 4.87 Å². The van der Waals surface area contributed by atoms with Gasteiger partial charge in [0.15, 0.2) is 0 Å². The zero-order chi connectivity index (χ0) is 26.6. The zero-order valence-electron chi connectivity index (χ0n) is 19.4. The first-order valence-corrected chi connectivity index (χ1v) is 13.5. The Labute approximate surface area is 228 Å². The summed E-state index contributed by atoms with van der Waals surface area (Å²) in [5.41, 5.74) is 0.868. The number of halogens is 1. The van der Waals surface area contributed by atoms with Crippen molar-refractivity contribution in [2.24, 2.45) is 5.92 Å². The first kappa shape index (κ1) is 24.5. The van der Waals surface area contributed by atoms with Gasteiger partial charge in [-0.1, -0.05) is 34.7 Å². The van der Waals surface area contributed by atoms with Crippen molar-refractivity contribution in [3.63, 3.8) is 0 Å². The van der Waals surface area contributed by atoms with E-state index in [2.05, 4.69) is 5.32 Å². The Morgan fingerprint density at radius 2 is 1.76 bits per heavy atom. The molecule has 12 heteroatoms. The lowest BCUT2D eigenvalue weighted by atomic mass is 9.87. The van der Waals surface area contributed by atoms with E-state index in [-0.39, 0.29) is 23.1 Å². The number of carbonyl (C=O) groups is 3. The second-order valence-electron chi connectivity index (χ2n) is 8.76. The number of amides is 3. The molecule has 0 aliphatic carbocycles. The number of nitrogens with one attached hydrogen (secondary N) is 1. The lowest BCUT2D eigenvalue weighted by Crippen LogP contribution is -2.32. The molecule has 9 nitrogen and oxygen atoms in total. The highest BCUT2D eigenvalue weighted by Gasteiger charge is 2.57. The van der Waals surface area contributed by atoms with Crippen molar-refractivity contribution in [1.29, 1.82) is 0 Å². The average Bonchev–Trinajstić information content (AvgIpc) is 3.59. The first-order valence-electron chi connectivity index (χ1n) is 11.5. The third kappa shape index (κ3) is 4.12. The van der Waals surface area contributed by atoms with Gasteiger partial charge in [-0.3, -0.25) is 23.7 Å². The Morgan fingerprint density at radius 3 is 2.45 bits per heavy atom. The van der Waals surface area contributed by atoms with Gasteiger partial charge in [0.05, 0.1) is 33.7 Å². The van der Waals surface area contributed by atoms with E-state index in [9.17, 15) is 24.3 Å². The summed E-state index contributed by atoms with van der Waals surface area (Å²) in [5, 5.41) is 12.3. The lowest BCUT2D eigenvalue weighted by Gasteiger charge is -2.29. The number of benzene rings is 2. The van der Waals surface area contributed by atoms with Crippen molar-refractivity contribution >= 4 is 63.8 Å². The fourth-order valence-electron chi connectivity index (χ4n) is 4.76. The standard InChI is InChI=1S/C26H18ClN3O6S2/c27-13-3-7-15(8-4-13)30-23(33)20-19(17-2-1-11-36-17)22-25(37-21(20)24(30)34)29(26(35)38-22)12-18(32)28-14-5-9-16(31)10-6-14/h1-11,19-21,31H,12H2,(H,28,32). The predicted octanol–water partition coefficient (Wildman–Crippen LogP) is 4.30. The van der Waals surface area contributed by atoms with Crippen molar-refractivity contribution in [2.45, 2.75) is 22.7 Å². The Hall–Kier alpha value is -3.80. The van der Waals surface area contributed by atoms with E-state index in [1.807, 2.05) is 0 Å². The molecule has 0 spiro atoms. The molecule has 1 fully saturated rings. The minimum absolute atomic E-state index is 0.0597. The molecule has 2 N–H and O–H groups in total. The quantitative estimate of drug-likeness (QED) is 0.272. The van der Waals surface area contributed by atoms with Gasteiger partial charge in [-0.05, 0) is 60.7 Å². The van der Waals surface area contributed by atoms with Crippen molar-refractivity contribution in [2.75, 3.05) is 10.2 Å². The summed E-state index contributed by atoms with van der Waals surface area (Å²) in [5.74, 6) is -2.19. The highest BCUT2D eigenvalue weighted by atomic mass is 35.5. The number of aromatic nitrogens is 1. The molecular weight excluding hydrogens is 550 g/mol. The van der Waals surface area contributed by atoms with Crippen LogP contribution in [0.25, 0.3) is 0 Å². The number of phenols is 1. The van der Waals surface area contributed by atoms with E-state index in [4.69, 9.17) is 16.0 Å². The molecular formula is C26H18ClN3O6S2. The van der Waals surface area contributed by atoms with Crippen LogP contribution in [0.4, 0.5) is 11.4 Å². The lowest BCUT2D eigenvalue weighted by molar-refractivity contribution is -0.122. The SMILES string of the molecule is O=C(Cn1c2c(sc1=O)C(c1ccco1)C1C(=O)N(c3ccc(Cl)cc3)C(=O)C1S2)Nc1ccc(O)cc1. The number of aromatic hydroxyl groups is 1. The molecule has 0 saturated carbocycles. The van der Waals surface area contributed by atoms with Gasteiger partial charge in [0.2, 0.25) is 17.7 Å². The molecule has 2 aliphatic rings. The number of furan rings is 1. The minimum atomic E-state index is -0.818. The Bertz CT molecular complexity index is 1610. The summed E-state index contributed by atoms with van der Waals surface area (Å²) < 4.78 is 7.01. The molecule has 0 radical (unpaired) electrons. The minimum Gasteiger partial charge on any atom is -0.508 e. The number of thiazole rings is 1. The fraction of sp³-hybridized carbons (Fsp3) is 0.154. The molecule has 192 valence electrons. The number of carbonyl (C=O) groups excluding carboxylic acids is 3. The van der Waals surface area contributed by atoms with Crippen LogP contribution in [-0.4, -0.2) is 32.6 Å². The molecule has 3 atom stereocenters. The van der Waals surface area contributed by atoms with Crippen LogP contribution in [0.3, 0.4) is 0 Å². The summed E-state index contributed by atoms with van der Waals surface area (Å²) in [6.07, 6.45) is 1.48. The third-order valence-corrected chi connectivity index (χ3v) is 9.29. The Morgan fingerprint density at radius 1 is 1.03 bits per heavy atom. The summed E-state index contributed by atoms with van der Waals surface area (Å²) in [7, 11) is 0. The molecule has 1 saturated heterocycles. The average molecular weight is 568 g/mol. The highest BCUT2D eigenvalue weighted by molar-refractivity contribution is 8.00. The van der Waals surface area contributed by atoms with Crippen molar-refractivity contribution in [1.82, 2.24) is 4.57 Å². The van der Waals surface area contributed by atoms with Crippen LogP contribution in [0.2, 0.25) is 5.02 Å². The van der Waals surface area contributed by atoms with Gasteiger partial charge in [-0.2, -0.15) is 0 Å². The highest BCUT2D eigenvalue weighted by Crippen LogP contribution is 2.53. The van der Waals surface area contributed by atoms with Crippen LogP contribution in [-0.2, 0) is 20.9 Å². The molecule has 6 rings (SSSR count). The number of rotatable bonds is 5. The van der Waals surface area contributed by atoms with Gasteiger partial charge in [0.25, 0.3) is 0 Å².